The van der Waals surface area contributed by atoms with E-state index in [9.17, 15) is 14.7 Å². The number of benzene rings is 1. The van der Waals surface area contributed by atoms with Crippen molar-refractivity contribution in [2.24, 2.45) is 0 Å². The fourth-order valence-corrected chi connectivity index (χ4v) is 3.61. The van der Waals surface area contributed by atoms with Gasteiger partial charge in [0.15, 0.2) is 0 Å². The molecule has 2 fully saturated rings. The minimum Gasteiger partial charge on any atom is -0.480 e. The lowest BCUT2D eigenvalue weighted by Crippen LogP contribution is -2.52. The van der Waals surface area contributed by atoms with Crippen LogP contribution < -0.4 is 4.90 Å². The van der Waals surface area contributed by atoms with E-state index in [1.807, 2.05) is 4.90 Å². The van der Waals surface area contributed by atoms with Crippen LogP contribution in [0.15, 0.2) is 24.3 Å². The van der Waals surface area contributed by atoms with Crippen LogP contribution in [0, 0.1) is 6.92 Å². The van der Waals surface area contributed by atoms with Gasteiger partial charge in [0, 0.05) is 31.9 Å². The average Bonchev–Trinajstić information content (AvgIpc) is 3.03. The number of amides is 1. The molecule has 1 N–H and O–H groups in total. The topological polar surface area (TPSA) is 64.1 Å². The average molecular weight is 331 g/mol. The monoisotopic (exact) mass is 331 g/mol. The SMILES string of the molecule is Cc1cccc(N2CCN(C(=O)CN3CCC[C@@H]3C(=O)O)CC2)c1. The van der Waals surface area contributed by atoms with Gasteiger partial charge in [-0.1, -0.05) is 12.1 Å². The van der Waals surface area contributed by atoms with E-state index in [0.717, 1.165) is 19.5 Å². The highest BCUT2D eigenvalue weighted by molar-refractivity contribution is 5.80. The number of likely N-dealkylation sites (tertiary alicyclic amines) is 1. The van der Waals surface area contributed by atoms with E-state index in [-0.39, 0.29) is 12.5 Å². The summed E-state index contributed by atoms with van der Waals surface area (Å²) in [7, 11) is 0. The normalized spacial score (nSPS) is 22.0. The smallest absolute Gasteiger partial charge is 0.320 e. The lowest BCUT2D eigenvalue weighted by molar-refractivity contribution is -0.143. The first-order chi connectivity index (χ1) is 11.5. The molecule has 1 atom stereocenters. The van der Waals surface area contributed by atoms with Crippen LogP contribution >= 0.6 is 0 Å². The summed E-state index contributed by atoms with van der Waals surface area (Å²) in [5.74, 6) is -0.767. The largest absolute Gasteiger partial charge is 0.480 e. The van der Waals surface area contributed by atoms with Gasteiger partial charge in [-0.05, 0) is 44.0 Å². The lowest BCUT2D eigenvalue weighted by Gasteiger charge is -2.37. The molecule has 0 aromatic heterocycles. The number of carbonyl (C=O) groups is 2. The minimum absolute atomic E-state index is 0.0482. The number of hydrogen-bond donors (Lipinski definition) is 1. The number of aryl methyl sites for hydroxylation is 1. The van der Waals surface area contributed by atoms with Crippen LogP contribution in [0.2, 0.25) is 0 Å². The number of aliphatic carboxylic acids is 1. The van der Waals surface area contributed by atoms with Gasteiger partial charge in [0.25, 0.3) is 0 Å². The Morgan fingerprint density at radius 1 is 1.17 bits per heavy atom. The molecule has 1 aromatic carbocycles. The van der Waals surface area contributed by atoms with Crippen molar-refractivity contribution in [3.05, 3.63) is 29.8 Å². The highest BCUT2D eigenvalue weighted by Crippen LogP contribution is 2.19. The summed E-state index contributed by atoms with van der Waals surface area (Å²) in [6.45, 7) is 6.03. The molecule has 1 aromatic rings. The van der Waals surface area contributed by atoms with Gasteiger partial charge in [-0.3, -0.25) is 14.5 Å². The quantitative estimate of drug-likeness (QED) is 0.898. The Bertz CT molecular complexity index is 611. The molecule has 0 unspecified atom stereocenters. The van der Waals surface area contributed by atoms with Crippen molar-refractivity contribution in [3.63, 3.8) is 0 Å². The van der Waals surface area contributed by atoms with Crippen LogP contribution in [0.5, 0.6) is 0 Å². The van der Waals surface area contributed by atoms with Gasteiger partial charge >= 0.3 is 5.97 Å². The van der Waals surface area contributed by atoms with E-state index in [0.29, 0.717) is 26.1 Å². The van der Waals surface area contributed by atoms with Crippen molar-refractivity contribution < 1.29 is 14.7 Å². The van der Waals surface area contributed by atoms with Crippen LogP contribution in [-0.2, 0) is 9.59 Å². The summed E-state index contributed by atoms with van der Waals surface area (Å²) < 4.78 is 0. The predicted molar refractivity (Wildman–Crippen MR) is 92.2 cm³/mol. The zero-order valence-corrected chi connectivity index (χ0v) is 14.1. The van der Waals surface area contributed by atoms with Gasteiger partial charge in [-0.25, -0.2) is 0 Å². The Morgan fingerprint density at radius 3 is 2.58 bits per heavy atom. The van der Waals surface area contributed by atoms with Gasteiger partial charge in [0.2, 0.25) is 5.91 Å². The molecular formula is C18H25N3O3. The molecule has 0 bridgehead atoms. The van der Waals surface area contributed by atoms with Gasteiger partial charge in [-0.2, -0.15) is 0 Å². The first kappa shape index (κ1) is 16.8. The zero-order valence-electron chi connectivity index (χ0n) is 14.1. The Kier molecular flexibility index (Phi) is 5.04. The second-order valence-electron chi connectivity index (χ2n) is 6.67. The maximum atomic E-state index is 12.5. The Hall–Kier alpha value is -2.08. The molecule has 24 heavy (non-hydrogen) atoms. The Labute approximate surface area is 142 Å². The summed E-state index contributed by atoms with van der Waals surface area (Å²) in [5, 5.41) is 9.22. The van der Waals surface area contributed by atoms with Crippen LogP contribution in [-0.4, -0.2) is 72.1 Å². The van der Waals surface area contributed by atoms with Crippen molar-refractivity contribution in [3.8, 4) is 0 Å². The van der Waals surface area contributed by atoms with Crippen molar-refractivity contribution in [1.82, 2.24) is 9.80 Å². The number of nitrogens with zero attached hydrogens (tertiary/aromatic N) is 3. The molecule has 6 nitrogen and oxygen atoms in total. The maximum absolute atomic E-state index is 12.5. The van der Waals surface area contributed by atoms with E-state index in [1.165, 1.54) is 11.3 Å². The first-order valence-corrected chi connectivity index (χ1v) is 8.61. The summed E-state index contributed by atoms with van der Waals surface area (Å²) >= 11 is 0. The second-order valence-corrected chi connectivity index (χ2v) is 6.67. The summed E-state index contributed by atoms with van der Waals surface area (Å²) in [6, 6.07) is 7.91. The highest BCUT2D eigenvalue weighted by Gasteiger charge is 2.33. The number of carboxylic acids is 1. The zero-order chi connectivity index (χ0) is 17.1. The standard InChI is InChI=1S/C18H25N3O3/c1-14-4-2-5-15(12-14)19-8-10-20(11-9-19)17(22)13-21-7-3-6-16(21)18(23)24/h2,4-5,12,16H,3,6-11,13H2,1H3,(H,23,24)/t16-/m1/s1. The van der Waals surface area contributed by atoms with Crippen LogP contribution in [0.25, 0.3) is 0 Å². The number of hydrogen-bond acceptors (Lipinski definition) is 4. The molecule has 0 saturated carbocycles. The third-order valence-electron chi connectivity index (χ3n) is 4.99. The van der Waals surface area contributed by atoms with E-state index in [4.69, 9.17) is 0 Å². The molecule has 2 saturated heterocycles. The number of piperazine rings is 1. The molecule has 130 valence electrons. The van der Waals surface area contributed by atoms with Crippen LogP contribution in [0.1, 0.15) is 18.4 Å². The predicted octanol–water partition coefficient (Wildman–Crippen LogP) is 1.19. The van der Waals surface area contributed by atoms with Crippen molar-refractivity contribution in [1.29, 1.82) is 0 Å². The Balaban J connectivity index is 1.53. The molecular weight excluding hydrogens is 306 g/mol. The lowest BCUT2D eigenvalue weighted by atomic mass is 10.2. The fraction of sp³-hybridized carbons (Fsp3) is 0.556. The third kappa shape index (κ3) is 3.70. The van der Waals surface area contributed by atoms with E-state index in [1.54, 1.807) is 4.90 Å². The van der Waals surface area contributed by atoms with E-state index < -0.39 is 12.0 Å². The van der Waals surface area contributed by atoms with Crippen molar-refractivity contribution >= 4 is 17.6 Å². The molecule has 0 radical (unpaired) electrons. The third-order valence-corrected chi connectivity index (χ3v) is 4.99. The minimum atomic E-state index is -0.815. The highest BCUT2D eigenvalue weighted by atomic mass is 16.4. The molecule has 2 aliphatic rings. The number of carbonyl (C=O) groups excluding carboxylic acids is 1. The summed E-state index contributed by atoms with van der Waals surface area (Å²) in [6.07, 6.45) is 1.50. The Morgan fingerprint density at radius 2 is 1.92 bits per heavy atom. The number of carboxylic acid groups (broad SMARTS) is 1. The number of rotatable bonds is 4. The van der Waals surface area contributed by atoms with Gasteiger partial charge < -0.3 is 14.9 Å². The van der Waals surface area contributed by atoms with Crippen LogP contribution in [0.3, 0.4) is 0 Å². The van der Waals surface area contributed by atoms with Gasteiger partial charge in [-0.15, -0.1) is 0 Å². The van der Waals surface area contributed by atoms with E-state index >= 15 is 0 Å². The maximum Gasteiger partial charge on any atom is 0.320 e. The molecule has 0 spiro atoms. The molecule has 1 amide bonds. The molecule has 2 heterocycles. The van der Waals surface area contributed by atoms with Gasteiger partial charge in [0.1, 0.15) is 6.04 Å². The molecule has 6 heteroatoms. The number of anilines is 1. The molecule has 0 aliphatic carbocycles. The summed E-state index contributed by atoms with van der Waals surface area (Å²) in [4.78, 5) is 29.7. The fourth-order valence-electron chi connectivity index (χ4n) is 3.61. The van der Waals surface area contributed by atoms with E-state index in [2.05, 4.69) is 36.1 Å². The second kappa shape index (κ2) is 7.21. The summed E-state index contributed by atoms with van der Waals surface area (Å²) in [5.41, 5.74) is 2.44. The van der Waals surface area contributed by atoms with Crippen LogP contribution in [0.4, 0.5) is 5.69 Å². The first-order valence-electron chi connectivity index (χ1n) is 8.61. The van der Waals surface area contributed by atoms with Crippen molar-refractivity contribution in [2.75, 3.05) is 44.2 Å². The molecule has 2 aliphatic heterocycles. The molecule has 3 rings (SSSR count). The van der Waals surface area contributed by atoms with Crippen molar-refractivity contribution in [2.45, 2.75) is 25.8 Å². The van der Waals surface area contributed by atoms with Gasteiger partial charge in [0.05, 0.1) is 6.54 Å².